The lowest BCUT2D eigenvalue weighted by Crippen LogP contribution is -2.28. The number of aromatic nitrogens is 3. The van der Waals surface area contributed by atoms with Gasteiger partial charge in [0, 0.05) is 28.2 Å². The Kier molecular flexibility index (Phi) is 4.21. The molecule has 2 aromatic heterocycles. The SMILES string of the molecule is CN(C)C(=O)c1c(O)c(O)c(C(=O)N(C)C)n1-c1cncnc1. The highest BCUT2D eigenvalue weighted by atomic mass is 16.3. The largest absolute Gasteiger partial charge is 0.503 e. The molecule has 0 saturated heterocycles. The van der Waals surface area contributed by atoms with Crippen molar-refractivity contribution in [1.82, 2.24) is 24.3 Å². The van der Waals surface area contributed by atoms with Crippen LogP contribution >= 0.6 is 0 Å². The van der Waals surface area contributed by atoms with Crippen molar-refractivity contribution in [3.63, 3.8) is 0 Å². The van der Waals surface area contributed by atoms with E-state index in [0.29, 0.717) is 0 Å². The molecule has 0 aliphatic rings. The number of hydrogen-bond acceptors (Lipinski definition) is 6. The minimum absolute atomic E-state index is 0.243. The molecule has 0 radical (unpaired) electrons. The Hall–Kier alpha value is -3.10. The molecule has 2 aromatic rings. The van der Waals surface area contributed by atoms with E-state index in [2.05, 4.69) is 9.97 Å². The molecule has 0 aromatic carbocycles. The smallest absolute Gasteiger partial charge is 0.274 e. The third kappa shape index (κ3) is 2.68. The second-order valence-corrected chi connectivity index (χ2v) is 5.23. The van der Waals surface area contributed by atoms with Crippen LogP contribution < -0.4 is 0 Å². The summed E-state index contributed by atoms with van der Waals surface area (Å²) in [6, 6.07) is 0. The Labute approximate surface area is 132 Å². The van der Waals surface area contributed by atoms with Crippen molar-refractivity contribution in [2.45, 2.75) is 0 Å². The van der Waals surface area contributed by atoms with Crippen LogP contribution in [0.1, 0.15) is 21.0 Å². The van der Waals surface area contributed by atoms with Crippen molar-refractivity contribution < 1.29 is 19.8 Å². The fourth-order valence-electron chi connectivity index (χ4n) is 2.03. The van der Waals surface area contributed by atoms with Gasteiger partial charge in [0.25, 0.3) is 11.8 Å². The Bertz CT molecular complexity index is 709. The monoisotopic (exact) mass is 319 g/mol. The summed E-state index contributed by atoms with van der Waals surface area (Å²) in [6.45, 7) is 0. The molecule has 0 unspecified atom stereocenters. The van der Waals surface area contributed by atoms with Crippen molar-refractivity contribution in [3.8, 4) is 17.2 Å². The highest BCUT2D eigenvalue weighted by Crippen LogP contribution is 2.38. The van der Waals surface area contributed by atoms with Gasteiger partial charge in [-0.1, -0.05) is 0 Å². The second kappa shape index (κ2) is 5.95. The average molecular weight is 319 g/mol. The molecule has 9 nitrogen and oxygen atoms in total. The number of aromatic hydroxyl groups is 2. The van der Waals surface area contributed by atoms with Crippen LogP contribution in [-0.4, -0.2) is 74.6 Å². The van der Waals surface area contributed by atoms with Gasteiger partial charge in [0.15, 0.2) is 22.9 Å². The van der Waals surface area contributed by atoms with E-state index >= 15 is 0 Å². The van der Waals surface area contributed by atoms with Crippen LogP contribution in [0.4, 0.5) is 0 Å². The van der Waals surface area contributed by atoms with Crippen LogP contribution in [0, 0.1) is 0 Å². The minimum atomic E-state index is -0.669. The molecule has 2 heterocycles. The van der Waals surface area contributed by atoms with Gasteiger partial charge in [-0.3, -0.25) is 14.2 Å². The molecule has 0 saturated carbocycles. The summed E-state index contributed by atoms with van der Waals surface area (Å²) in [5.41, 5.74) is -0.224. The van der Waals surface area contributed by atoms with Crippen molar-refractivity contribution in [2.75, 3.05) is 28.2 Å². The van der Waals surface area contributed by atoms with Crippen LogP contribution in [0.15, 0.2) is 18.7 Å². The van der Waals surface area contributed by atoms with Gasteiger partial charge in [-0.05, 0) is 0 Å². The van der Waals surface area contributed by atoms with Crippen molar-refractivity contribution >= 4 is 11.8 Å². The van der Waals surface area contributed by atoms with Gasteiger partial charge >= 0.3 is 0 Å². The maximum Gasteiger partial charge on any atom is 0.274 e. The van der Waals surface area contributed by atoms with E-state index in [9.17, 15) is 19.8 Å². The van der Waals surface area contributed by atoms with Gasteiger partial charge in [-0.2, -0.15) is 0 Å². The number of nitrogens with zero attached hydrogens (tertiary/aromatic N) is 5. The van der Waals surface area contributed by atoms with E-state index in [-0.39, 0.29) is 17.1 Å². The maximum atomic E-state index is 12.4. The number of carbonyl (C=O) groups is 2. The first kappa shape index (κ1) is 16.3. The molecule has 0 spiro atoms. The lowest BCUT2D eigenvalue weighted by Gasteiger charge is -2.16. The zero-order chi connectivity index (χ0) is 17.3. The molecule has 0 aliphatic carbocycles. The third-order valence-electron chi connectivity index (χ3n) is 3.14. The Morgan fingerprint density at radius 3 is 1.65 bits per heavy atom. The van der Waals surface area contributed by atoms with Gasteiger partial charge in [0.1, 0.15) is 6.33 Å². The highest BCUT2D eigenvalue weighted by molar-refractivity contribution is 6.03. The minimum Gasteiger partial charge on any atom is -0.503 e. The maximum absolute atomic E-state index is 12.4. The molecule has 0 fully saturated rings. The molecular formula is C14H17N5O4. The van der Waals surface area contributed by atoms with Crippen LogP contribution in [0.2, 0.25) is 0 Å². The fraction of sp³-hybridized carbons (Fsp3) is 0.286. The van der Waals surface area contributed by atoms with Crippen molar-refractivity contribution in [2.24, 2.45) is 0 Å². The quantitative estimate of drug-likeness (QED) is 0.829. The summed E-state index contributed by atoms with van der Waals surface area (Å²) in [6.07, 6.45) is 4.02. The molecule has 2 N–H and O–H groups in total. The van der Waals surface area contributed by atoms with Gasteiger partial charge < -0.3 is 20.0 Å². The third-order valence-corrected chi connectivity index (χ3v) is 3.14. The first-order chi connectivity index (χ1) is 10.8. The van der Waals surface area contributed by atoms with Gasteiger partial charge in [0.05, 0.1) is 18.1 Å². The highest BCUT2D eigenvalue weighted by Gasteiger charge is 2.33. The first-order valence-corrected chi connectivity index (χ1v) is 6.62. The average Bonchev–Trinajstić information content (AvgIpc) is 2.78. The zero-order valence-corrected chi connectivity index (χ0v) is 13.2. The molecule has 9 heteroatoms. The van der Waals surface area contributed by atoms with Gasteiger partial charge in [0.2, 0.25) is 0 Å². The molecule has 2 amide bonds. The van der Waals surface area contributed by atoms with E-state index in [1.165, 1.54) is 56.7 Å². The van der Waals surface area contributed by atoms with E-state index in [0.717, 1.165) is 4.57 Å². The van der Waals surface area contributed by atoms with Crippen molar-refractivity contribution in [3.05, 3.63) is 30.1 Å². The molecule has 0 aliphatic heterocycles. The van der Waals surface area contributed by atoms with E-state index in [4.69, 9.17) is 0 Å². The summed E-state index contributed by atoms with van der Waals surface area (Å²) in [7, 11) is 5.96. The Morgan fingerprint density at radius 1 is 0.913 bits per heavy atom. The number of hydrogen-bond donors (Lipinski definition) is 2. The molecular weight excluding hydrogens is 302 g/mol. The van der Waals surface area contributed by atoms with Crippen molar-refractivity contribution in [1.29, 1.82) is 0 Å². The van der Waals surface area contributed by atoms with Crippen LogP contribution in [0.5, 0.6) is 11.5 Å². The van der Waals surface area contributed by atoms with Crippen LogP contribution in [0.25, 0.3) is 5.69 Å². The number of rotatable bonds is 3. The lowest BCUT2D eigenvalue weighted by atomic mass is 10.3. The predicted molar refractivity (Wildman–Crippen MR) is 80.7 cm³/mol. The summed E-state index contributed by atoms with van der Waals surface area (Å²) in [5, 5.41) is 20.4. The van der Waals surface area contributed by atoms with E-state index < -0.39 is 23.3 Å². The molecule has 2 rings (SSSR count). The Balaban J connectivity index is 2.86. The topological polar surface area (TPSA) is 112 Å². The zero-order valence-electron chi connectivity index (χ0n) is 13.2. The molecule has 0 bridgehead atoms. The molecule has 122 valence electrons. The molecule has 23 heavy (non-hydrogen) atoms. The first-order valence-electron chi connectivity index (χ1n) is 6.62. The van der Waals surface area contributed by atoms with Gasteiger partial charge in [-0.15, -0.1) is 0 Å². The number of carbonyl (C=O) groups excluding carboxylic acids is 2. The normalized spacial score (nSPS) is 10.4. The van der Waals surface area contributed by atoms with Crippen LogP contribution in [0.3, 0.4) is 0 Å². The van der Waals surface area contributed by atoms with Crippen LogP contribution in [-0.2, 0) is 0 Å². The predicted octanol–water partition coefficient (Wildman–Crippen LogP) is 0.0821. The summed E-state index contributed by atoms with van der Waals surface area (Å²) in [4.78, 5) is 34.9. The summed E-state index contributed by atoms with van der Waals surface area (Å²) in [5.74, 6) is -2.51. The Morgan fingerprint density at radius 2 is 1.30 bits per heavy atom. The molecule has 0 atom stereocenters. The summed E-state index contributed by atoms with van der Waals surface area (Å²) >= 11 is 0. The lowest BCUT2D eigenvalue weighted by molar-refractivity contribution is 0.0811. The standard InChI is InChI=1S/C14H17N5O4/c1-17(2)13(22)9-11(20)12(21)10(14(23)18(3)4)19(9)8-5-15-7-16-6-8/h5-7,20-21H,1-4H3. The summed E-state index contributed by atoms with van der Waals surface area (Å²) < 4.78 is 1.15. The fourth-order valence-corrected chi connectivity index (χ4v) is 2.03. The van der Waals surface area contributed by atoms with Gasteiger partial charge in [-0.25, -0.2) is 9.97 Å². The number of amides is 2. The van der Waals surface area contributed by atoms with E-state index in [1.807, 2.05) is 0 Å². The van der Waals surface area contributed by atoms with E-state index in [1.54, 1.807) is 0 Å². The second-order valence-electron chi connectivity index (χ2n) is 5.23.